The number of aliphatic carboxylic acids is 1. The fourth-order valence-electron chi connectivity index (χ4n) is 2.06. The Morgan fingerprint density at radius 2 is 1.86 bits per heavy atom. The molecule has 0 radical (unpaired) electrons. The van der Waals surface area contributed by atoms with E-state index in [1.165, 1.54) is 6.08 Å². The predicted molar refractivity (Wildman–Crippen MR) is 82.3 cm³/mol. The van der Waals surface area contributed by atoms with Gasteiger partial charge in [-0.3, -0.25) is 9.59 Å². The maximum atomic E-state index is 11.8. The van der Waals surface area contributed by atoms with Gasteiger partial charge in [0, 0.05) is 22.2 Å². The standard InChI is InChI=1S/C15H13Cl2NO3/c16-11-5-9(6-12(17)8-11)1-4-14(19)18-13-3-2-10(7-13)15(20)21/h1-6,8,10,13H,7H2,(H,18,19)(H,20,21). The summed E-state index contributed by atoms with van der Waals surface area (Å²) in [6.07, 6.45) is 6.62. The van der Waals surface area contributed by atoms with Gasteiger partial charge in [0.15, 0.2) is 0 Å². The lowest BCUT2D eigenvalue weighted by atomic mass is 10.1. The molecule has 2 unspecified atom stereocenters. The Kier molecular flexibility index (Phi) is 5.04. The Morgan fingerprint density at radius 1 is 1.19 bits per heavy atom. The lowest BCUT2D eigenvalue weighted by Crippen LogP contribution is -2.31. The van der Waals surface area contributed by atoms with Crippen LogP contribution in [-0.2, 0) is 9.59 Å². The second-order valence-corrected chi connectivity index (χ2v) is 5.59. The SMILES string of the molecule is O=C(C=Cc1cc(Cl)cc(Cl)c1)NC1C=CC(C(=O)O)C1. The second-order valence-electron chi connectivity index (χ2n) is 4.72. The highest BCUT2D eigenvalue weighted by Gasteiger charge is 2.24. The minimum atomic E-state index is -0.882. The largest absolute Gasteiger partial charge is 0.481 e. The lowest BCUT2D eigenvalue weighted by Gasteiger charge is -2.10. The van der Waals surface area contributed by atoms with Crippen LogP contribution in [0.1, 0.15) is 12.0 Å². The first-order valence-electron chi connectivity index (χ1n) is 6.30. The first-order chi connectivity index (χ1) is 9.94. The van der Waals surface area contributed by atoms with Gasteiger partial charge in [-0.15, -0.1) is 0 Å². The molecule has 1 aliphatic carbocycles. The molecule has 1 aromatic rings. The number of carbonyl (C=O) groups is 2. The van der Waals surface area contributed by atoms with Crippen LogP contribution in [0, 0.1) is 5.92 Å². The molecule has 2 atom stereocenters. The molecule has 1 aliphatic rings. The smallest absolute Gasteiger partial charge is 0.310 e. The van der Waals surface area contributed by atoms with Crippen molar-refractivity contribution in [2.45, 2.75) is 12.5 Å². The molecule has 6 heteroatoms. The van der Waals surface area contributed by atoms with E-state index in [2.05, 4.69) is 5.32 Å². The van der Waals surface area contributed by atoms with Crippen molar-refractivity contribution in [3.05, 3.63) is 52.0 Å². The van der Waals surface area contributed by atoms with Gasteiger partial charge in [-0.2, -0.15) is 0 Å². The molecule has 110 valence electrons. The van der Waals surface area contributed by atoms with Crippen LogP contribution in [0.4, 0.5) is 0 Å². The van der Waals surface area contributed by atoms with E-state index in [1.807, 2.05) is 0 Å². The van der Waals surface area contributed by atoms with Crippen molar-refractivity contribution in [2.24, 2.45) is 5.92 Å². The molecule has 2 N–H and O–H groups in total. The average Bonchev–Trinajstić information content (AvgIpc) is 2.84. The van der Waals surface area contributed by atoms with Crippen molar-refractivity contribution in [2.75, 3.05) is 0 Å². The summed E-state index contributed by atoms with van der Waals surface area (Å²) in [5.41, 5.74) is 0.716. The van der Waals surface area contributed by atoms with Crippen molar-refractivity contribution < 1.29 is 14.7 Å². The van der Waals surface area contributed by atoms with E-state index in [1.54, 1.807) is 36.4 Å². The Bertz CT molecular complexity index is 605. The Hall–Kier alpha value is -1.78. The van der Waals surface area contributed by atoms with Gasteiger partial charge in [0.1, 0.15) is 0 Å². The number of amides is 1. The number of rotatable bonds is 4. The van der Waals surface area contributed by atoms with Crippen LogP contribution in [0.2, 0.25) is 10.0 Å². The molecule has 0 fully saturated rings. The lowest BCUT2D eigenvalue weighted by molar-refractivity contribution is -0.140. The van der Waals surface area contributed by atoms with Gasteiger partial charge in [-0.25, -0.2) is 0 Å². The summed E-state index contributed by atoms with van der Waals surface area (Å²) in [5, 5.41) is 12.6. The third-order valence-corrected chi connectivity index (χ3v) is 3.48. The second kappa shape index (κ2) is 6.78. The van der Waals surface area contributed by atoms with Gasteiger partial charge >= 0.3 is 5.97 Å². The van der Waals surface area contributed by atoms with Crippen LogP contribution >= 0.6 is 23.2 Å². The molecule has 0 heterocycles. The quantitative estimate of drug-likeness (QED) is 0.660. The molecular formula is C15H13Cl2NO3. The fourth-order valence-corrected chi connectivity index (χ4v) is 2.61. The highest BCUT2D eigenvalue weighted by atomic mass is 35.5. The van der Waals surface area contributed by atoms with E-state index >= 15 is 0 Å². The van der Waals surface area contributed by atoms with Crippen molar-refractivity contribution in [3.63, 3.8) is 0 Å². The molecule has 4 nitrogen and oxygen atoms in total. The first kappa shape index (κ1) is 15.6. The highest BCUT2D eigenvalue weighted by Crippen LogP contribution is 2.20. The summed E-state index contributed by atoms with van der Waals surface area (Å²) in [6, 6.07) is 4.72. The van der Waals surface area contributed by atoms with Gasteiger partial charge in [0.2, 0.25) is 5.91 Å². The van der Waals surface area contributed by atoms with E-state index < -0.39 is 11.9 Å². The van der Waals surface area contributed by atoms with Gasteiger partial charge in [0.25, 0.3) is 0 Å². The minimum Gasteiger partial charge on any atom is -0.481 e. The van der Waals surface area contributed by atoms with Crippen molar-refractivity contribution in [1.82, 2.24) is 5.32 Å². The number of nitrogens with one attached hydrogen (secondary N) is 1. The van der Waals surface area contributed by atoms with Crippen LogP contribution in [-0.4, -0.2) is 23.0 Å². The summed E-state index contributed by atoms with van der Waals surface area (Å²) in [6.45, 7) is 0. The Morgan fingerprint density at radius 3 is 2.43 bits per heavy atom. The van der Waals surface area contributed by atoms with Gasteiger partial charge in [-0.1, -0.05) is 35.4 Å². The van der Waals surface area contributed by atoms with E-state index in [0.29, 0.717) is 22.0 Å². The number of carboxylic acid groups (broad SMARTS) is 1. The number of carboxylic acids is 1. The molecule has 1 amide bonds. The fraction of sp³-hybridized carbons (Fsp3) is 0.200. The zero-order valence-electron chi connectivity index (χ0n) is 10.9. The van der Waals surface area contributed by atoms with Gasteiger partial charge in [-0.05, 0) is 36.3 Å². The number of halogens is 2. The van der Waals surface area contributed by atoms with E-state index in [4.69, 9.17) is 28.3 Å². The summed E-state index contributed by atoms with van der Waals surface area (Å²) in [4.78, 5) is 22.6. The van der Waals surface area contributed by atoms with Crippen molar-refractivity contribution >= 4 is 41.2 Å². The molecule has 21 heavy (non-hydrogen) atoms. The van der Waals surface area contributed by atoms with Gasteiger partial charge in [0.05, 0.1) is 5.92 Å². The average molecular weight is 326 g/mol. The number of hydrogen-bond donors (Lipinski definition) is 2. The third kappa shape index (κ3) is 4.62. The van der Waals surface area contributed by atoms with Crippen molar-refractivity contribution in [3.8, 4) is 0 Å². The summed E-state index contributed by atoms with van der Waals surface area (Å²) in [5.74, 6) is -1.72. The number of carbonyl (C=O) groups excluding carboxylic acids is 1. The molecular weight excluding hydrogens is 313 g/mol. The summed E-state index contributed by atoms with van der Waals surface area (Å²) < 4.78 is 0. The summed E-state index contributed by atoms with van der Waals surface area (Å²) in [7, 11) is 0. The maximum absolute atomic E-state index is 11.8. The monoisotopic (exact) mass is 325 g/mol. The van der Waals surface area contributed by atoms with Crippen LogP contribution in [0.25, 0.3) is 6.08 Å². The zero-order chi connectivity index (χ0) is 15.4. The summed E-state index contributed by atoms with van der Waals surface area (Å²) >= 11 is 11.7. The van der Waals surface area contributed by atoms with Crippen molar-refractivity contribution in [1.29, 1.82) is 0 Å². The maximum Gasteiger partial charge on any atom is 0.310 e. The molecule has 0 saturated heterocycles. The first-order valence-corrected chi connectivity index (χ1v) is 7.05. The molecule has 0 bridgehead atoms. The van der Waals surface area contributed by atoms with Crippen LogP contribution in [0.15, 0.2) is 36.4 Å². The molecule has 0 saturated carbocycles. The van der Waals surface area contributed by atoms with Crippen LogP contribution in [0.3, 0.4) is 0 Å². The predicted octanol–water partition coefficient (Wildman–Crippen LogP) is 3.15. The van der Waals surface area contributed by atoms with E-state index in [9.17, 15) is 9.59 Å². The molecule has 2 rings (SSSR count). The van der Waals surface area contributed by atoms with Gasteiger partial charge < -0.3 is 10.4 Å². The van der Waals surface area contributed by atoms with Crippen LogP contribution < -0.4 is 5.32 Å². The molecule has 1 aromatic carbocycles. The molecule has 0 aliphatic heterocycles. The molecule has 0 aromatic heterocycles. The number of benzene rings is 1. The topological polar surface area (TPSA) is 66.4 Å². The highest BCUT2D eigenvalue weighted by molar-refractivity contribution is 6.34. The Labute approximate surface area is 132 Å². The minimum absolute atomic E-state index is 0.258. The molecule has 0 spiro atoms. The Balaban J connectivity index is 1.92. The number of hydrogen-bond acceptors (Lipinski definition) is 2. The third-order valence-electron chi connectivity index (χ3n) is 3.04. The zero-order valence-corrected chi connectivity index (χ0v) is 12.4. The van der Waals surface area contributed by atoms with Crippen LogP contribution in [0.5, 0.6) is 0 Å². The van der Waals surface area contributed by atoms with E-state index in [0.717, 1.165) is 0 Å². The van der Waals surface area contributed by atoms with E-state index in [-0.39, 0.29) is 11.9 Å². The normalized spacial score (nSPS) is 20.9.